The van der Waals surface area contributed by atoms with Gasteiger partial charge in [-0.05, 0) is 37.0 Å². The number of unbranched alkanes of at least 4 members (excludes halogenated alkanes) is 1. The van der Waals surface area contributed by atoms with Gasteiger partial charge in [0.1, 0.15) is 11.5 Å². The molecule has 2 atom stereocenters. The van der Waals surface area contributed by atoms with Gasteiger partial charge in [0.15, 0.2) is 0 Å². The Kier molecular flexibility index (Phi) is 5.00. The van der Waals surface area contributed by atoms with Crippen LogP contribution in [0, 0.1) is 5.92 Å². The summed E-state index contributed by atoms with van der Waals surface area (Å²) < 4.78 is 5.17. The Hall–Kier alpha value is -1.31. The van der Waals surface area contributed by atoms with Crippen LogP contribution in [0.5, 0.6) is 5.75 Å². The molecule has 2 unspecified atom stereocenters. The monoisotopic (exact) mass is 260 g/mol. The van der Waals surface area contributed by atoms with Gasteiger partial charge in [0.05, 0.1) is 7.11 Å². The molecule has 104 valence electrons. The van der Waals surface area contributed by atoms with E-state index in [0.717, 1.165) is 30.6 Å². The number of methoxy groups -OCH3 is 1. The molecule has 2 heteroatoms. The molecule has 0 bridgehead atoms. The van der Waals surface area contributed by atoms with Crippen molar-refractivity contribution in [2.45, 2.75) is 51.4 Å². The maximum Gasteiger partial charge on any atom is 0.143 e. The summed E-state index contributed by atoms with van der Waals surface area (Å²) in [5, 5.41) is 0. The van der Waals surface area contributed by atoms with Gasteiger partial charge in [0.2, 0.25) is 0 Å². The second kappa shape index (κ2) is 6.74. The van der Waals surface area contributed by atoms with Crippen LogP contribution in [0.4, 0.5) is 0 Å². The minimum absolute atomic E-state index is 0.113. The Balaban J connectivity index is 2.07. The maximum absolute atomic E-state index is 12.6. The highest BCUT2D eigenvalue weighted by Gasteiger charge is 2.31. The van der Waals surface area contributed by atoms with Crippen molar-refractivity contribution >= 4 is 5.78 Å². The van der Waals surface area contributed by atoms with Crippen molar-refractivity contribution in [2.75, 3.05) is 7.11 Å². The Labute approximate surface area is 116 Å². The fraction of sp³-hybridized carbons (Fsp3) is 0.588. The number of ether oxygens (including phenoxy) is 1. The Morgan fingerprint density at radius 2 is 1.95 bits per heavy atom. The van der Waals surface area contributed by atoms with Crippen molar-refractivity contribution in [3.8, 4) is 5.75 Å². The quantitative estimate of drug-likeness (QED) is 0.787. The highest BCUT2D eigenvalue weighted by molar-refractivity contribution is 5.88. The molecule has 0 heterocycles. The number of carbonyl (C=O) groups excluding carboxylic acids is 1. The largest absolute Gasteiger partial charge is 0.497 e. The normalized spacial score (nSPS) is 23.4. The van der Waals surface area contributed by atoms with Crippen LogP contribution >= 0.6 is 0 Å². The lowest BCUT2D eigenvalue weighted by molar-refractivity contribution is -0.126. The third kappa shape index (κ3) is 3.37. The standard InChI is InChI=1S/C17H24O2/c1-3-4-6-14-7-5-8-16(17(14)18)13-9-11-15(19-2)12-10-13/h9-12,14,16H,3-8H2,1-2H3. The maximum atomic E-state index is 12.6. The zero-order chi connectivity index (χ0) is 13.7. The van der Waals surface area contributed by atoms with Crippen molar-refractivity contribution in [1.29, 1.82) is 0 Å². The third-order valence-corrected chi connectivity index (χ3v) is 4.22. The highest BCUT2D eigenvalue weighted by atomic mass is 16.5. The molecule has 0 aromatic heterocycles. The summed E-state index contributed by atoms with van der Waals surface area (Å²) in [6.07, 6.45) is 6.70. The lowest BCUT2D eigenvalue weighted by atomic mass is 9.75. The first kappa shape index (κ1) is 14.1. The van der Waals surface area contributed by atoms with E-state index in [1.54, 1.807) is 7.11 Å². The number of hydrogen-bond donors (Lipinski definition) is 0. The summed E-state index contributed by atoms with van der Waals surface area (Å²) in [4.78, 5) is 12.6. The van der Waals surface area contributed by atoms with Crippen molar-refractivity contribution in [3.05, 3.63) is 29.8 Å². The van der Waals surface area contributed by atoms with Crippen LogP contribution in [0.2, 0.25) is 0 Å². The highest BCUT2D eigenvalue weighted by Crippen LogP contribution is 2.35. The van der Waals surface area contributed by atoms with Crippen molar-refractivity contribution in [1.82, 2.24) is 0 Å². The summed E-state index contributed by atoms with van der Waals surface area (Å²) in [6, 6.07) is 8.00. The topological polar surface area (TPSA) is 26.3 Å². The summed E-state index contributed by atoms with van der Waals surface area (Å²) in [6.45, 7) is 2.19. The number of benzene rings is 1. The lowest BCUT2D eigenvalue weighted by Gasteiger charge is -2.28. The summed E-state index contributed by atoms with van der Waals surface area (Å²) in [5.74, 6) is 1.72. The van der Waals surface area contributed by atoms with E-state index in [1.807, 2.05) is 24.3 Å². The molecule has 1 aliphatic carbocycles. The van der Waals surface area contributed by atoms with Crippen molar-refractivity contribution in [2.24, 2.45) is 5.92 Å². The molecular formula is C17H24O2. The number of hydrogen-bond acceptors (Lipinski definition) is 2. The fourth-order valence-corrected chi connectivity index (χ4v) is 3.04. The Morgan fingerprint density at radius 1 is 1.21 bits per heavy atom. The van der Waals surface area contributed by atoms with E-state index in [9.17, 15) is 4.79 Å². The van der Waals surface area contributed by atoms with Gasteiger partial charge >= 0.3 is 0 Å². The molecule has 1 aliphatic rings. The molecule has 1 fully saturated rings. The van der Waals surface area contributed by atoms with Crippen LogP contribution in [0.15, 0.2) is 24.3 Å². The minimum atomic E-state index is 0.113. The molecule has 1 aromatic carbocycles. The number of rotatable bonds is 5. The van der Waals surface area contributed by atoms with E-state index >= 15 is 0 Å². The minimum Gasteiger partial charge on any atom is -0.497 e. The molecule has 0 saturated heterocycles. The molecule has 0 spiro atoms. The van der Waals surface area contributed by atoms with Gasteiger partial charge in [0.25, 0.3) is 0 Å². The molecule has 2 rings (SSSR count). The molecule has 19 heavy (non-hydrogen) atoms. The molecule has 0 aliphatic heterocycles. The van der Waals surface area contributed by atoms with Crippen LogP contribution in [-0.2, 0) is 4.79 Å². The van der Waals surface area contributed by atoms with Crippen molar-refractivity contribution < 1.29 is 9.53 Å². The molecular weight excluding hydrogens is 236 g/mol. The summed E-state index contributed by atoms with van der Waals surface area (Å²) in [5.41, 5.74) is 1.16. The zero-order valence-corrected chi connectivity index (χ0v) is 12.0. The molecule has 2 nitrogen and oxygen atoms in total. The smallest absolute Gasteiger partial charge is 0.143 e. The van der Waals surface area contributed by atoms with E-state index in [0.29, 0.717) is 11.7 Å². The van der Waals surface area contributed by atoms with Gasteiger partial charge in [0, 0.05) is 11.8 Å². The number of carbonyl (C=O) groups is 1. The van der Waals surface area contributed by atoms with E-state index in [4.69, 9.17) is 4.74 Å². The second-order valence-electron chi connectivity index (χ2n) is 5.50. The van der Waals surface area contributed by atoms with Crippen molar-refractivity contribution in [3.63, 3.8) is 0 Å². The van der Waals surface area contributed by atoms with E-state index in [1.165, 1.54) is 19.3 Å². The van der Waals surface area contributed by atoms with Crippen LogP contribution in [0.25, 0.3) is 0 Å². The lowest BCUT2D eigenvalue weighted by Crippen LogP contribution is -2.27. The molecule has 1 aromatic rings. The molecule has 0 N–H and O–H groups in total. The second-order valence-corrected chi connectivity index (χ2v) is 5.50. The van der Waals surface area contributed by atoms with Crippen LogP contribution in [0.1, 0.15) is 56.9 Å². The Bertz CT molecular complexity index is 408. The predicted molar refractivity (Wildman–Crippen MR) is 77.6 cm³/mol. The van der Waals surface area contributed by atoms with Gasteiger partial charge in [-0.3, -0.25) is 4.79 Å². The van der Waals surface area contributed by atoms with Gasteiger partial charge in [-0.25, -0.2) is 0 Å². The first-order valence-electron chi connectivity index (χ1n) is 7.44. The molecule has 0 radical (unpaired) electrons. The van der Waals surface area contributed by atoms with E-state index in [-0.39, 0.29) is 5.92 Å². The average molecular weight is 260 g/mol. The number of ketones is 1. The van der Waals surface area contributed by atoms with Gasteiger partial charge in [-0.1, -0.05) is 38.3 Å². The van der Waals surface area contributed by atoms with Crippen LogP contribution < -0.4 is 4.74 Å². The van der Waals surface area contributed by atoms with E-state index < -0.39 is 0 Å². The number of Topliss-reactive ketones (excluding diaryl/α,β-unsaturated/α-hetero) is 1. The average Bonchev–Trinajstić information content (AvgIpc) is 2.46. The molecule has 0 amide bonds. The van der Waals surface area contributed by atoms with Gasteiger partial charge in [-0.2, -0.15) is 0 Å². The van der Waals surface area contributed by atoms with E-state index in [2.05, 4.69) is 6.92 Å². The first-order valence-corrected chi connectivity index (χ1v) is 7.44. The SMILES string of the molecule is CCCCC1CCCC(c2ccc(OC)cc2)C1=O. The molecule has 1 saturated carbocycles. The predicted octanol–water partition coefficient (Wildman–Crippen LogP) is 4.34. The van der Waals surface area contributed by atoms with Crippen LogP contribution in [0.3, 0.4) is 0 Å². The van der Waals surface area contributed by atoms with Gasteiger partial charge < -0.3 is 4.74 Å². The first-order chi connectivity index (χ1) is 9.26. The van der Waals surface area contributed by atoms with Crippen LogP contribution in [-0.4, -0.2) is 12.9 Å². The third-order valence-electron chi connectivity index (χ3n) is 4.22. The van der Waals surface area contributed by atoms with Gasteiger partial charge in [-0.15, -0.1) is 0 Å². The zero-order valence-electron chi connectivity index (χ0n) is 12.0. The summed E-state index contributed by atoms with van der Waals surface area (Å²) in [7, 11) is 1.67. The Morgan fingerprint density at radius 3 is 2.58 bits per heavy atom. The fourth-order valence-electron chi connectivity index (χ4n) is 3.04. The summed E-state index contributed by atoms with van der Waals surface area (Å²) >= 11 is 0.